The maximum absolute atomic E-state index is 12.9. The van der Waals surface area contributed by atoms with Crippen LogP contribution in [0.25, 0.3) is 0 Å². The summed E-state index contributed by atoms with van der Waals surface area (Å²) in [5.74, 6) is -1.41. The number of halogens is 1. The third-order valence-corrected chi connectivity index (χ3v) is 2.46. The van der Waals surface area contributed by atoms with Crippen LogP contribution in [0.1, 0.15) is 10.5 Å². The van der Waals surface area contributed by atoms with E-state index in [-0.39, 0.29) is 17.9 Å². The average Bonchev–Trinajstić information content (AvgIpc) is 2.48. The summed E-state index contributed by atoms with van der Waals surface area (Å²) in [6, 6.07) is 6.14. The van der Waals surface area contributed by atoms with Crippen LogP contribution in [0.4, 0.5) is 15.9 Å². The molecule has 0 aliphatic carbocycles. The van der Waals surface area contributed by atoms with Crippen LogP contribution in [0, 0.1) is 5.82 Å². The maximum atomic E-state index is 12.9. The van der Waals surface area contributed by atoms with Gasteiger partial charge in [-0.15, -0.1) is 0 Å². The number of nitrogen functional groups attached to an aromatic ring is 1. The van der Waals surface area contributed by atoms with E-state index >= 15 is 0 Å². The van der Waals surface area contributed by atoms with Crippen LogP contribution in [0.3, 0.4) is 0 Å². The smallest absolute Gasteiger partial charge is 0.270 e. The molecule has 0 radical (unpaired) electrons. The highest BCUT2D eigenvalue weighted by molar-refractivity contribution is 5.98. The first-order valence-corrected chi connectivity index (χ1v) is 5.96. The summed E-state index contributed by atoms with van der Waals surface area (Å²) in [7, 11) is 0. The number of rotatable bonds is 4. The molecule has 108 valence electrons. The van der Waals surface area contributed by atoms with E-state index in [2.05, 4.69) is 20.6 Å². The Balaban J connectivity index is 1.89. The van der Waals surface area contributed by atoms with Crippen molar-refractivity contribution in [2.75, 3.05) is 17.6 Å². The Morgan fingerprint density at radius 2 is 2.10 bits per heavy atom. The van der Waals surface area contributed by atoms with Crippen molar-refractivity contribution in [3.63, 3.8) is 0 Å². The van der Waals surface area contributed by atoms with Gasteiger partial charge in [0.1, 0.15) is 11.5 Å². The van der Waals surface area contributed by atoms with Crippen molar-refractivity contribution in [1.29, 1.82) is 0 Å². The average molecular weight is 289 g/mol. The minimum absolute atomic E-state index is 0.0699. The molecule has 7 nitrogen and oxygen atoms in total. The SMILES string of the molecule is Nc1cc(C(=O)NCC(=O)Nc2ccccn2)ncc1F. The van der Waals surface area contributed by atoms with Gasteiger partial charge in [0.05, 0.1) is 18.4 Å². The Morgan fingerprint density at radius 3 is 2.76 bits per heavy atom. The molecule has 0 fully saturated rings. The van der Waals surface area contributed by atoms with Crippen molar-refractivity contribution in [1.82, 2.24) is 15.3 Å². The molecule has 0 bridgehead atoms. The summed E-state index contributed by atoms with van der Waals surface area (Å²) in [6.45, 7) is -0.269. The van der Waals surface area contributed by atoms with Crippen LogP contribution in [0.2, 0.25) is 0 Å². The monoisotopic (exact) mass is 289 g/mol. The minimum Gasteiger partial charge on any atom is -0.396 e. The Hall–Kier alpha value is -3.03. The number of carbonyl (C=O) groups excluding carboxylic acids is 2. The second-order valence-corrected chi connectivity index (χ2v) is 4.04. The lowest BCUT2D eigenvalue weighted by Gasteiger charge is -2.06. The number of aromatic nitrogens is 2. The quantitative estimate of drug-likeness (QED) is 0.762. The summed E-state index contributed by atoms with van der Waals surface area (Å²) >= 11 is 0. The zero-order valence-electron chi connectivity index (χ0n) is 10.8. The summed E-state index contributed by atoms with van der Waals surface area (Å²) in [6.07, 6.45) is 2.37. The molecule has 0 atom stereocenters. The van der Waals surface area contributed by atoms with E-state index in [9.17, 15) is 14.0 Å². The van der Waals surface area contributed by atoms with E-state index in [0.717, 1.165) is 12.3 Å². The van der Waals surface area contributed by atoms with Gasteiger partial charge in [0.15, 0.2) is 5.82 Å². The number of amides is 2. The van der Waals surface area contributed by atoms with Gasteiger partial charge in [-0.25, -0.2) is 14.4 Å². The number of hydrogen-bond donors (Lipinski definition) is 3. The van der Waals surface area contributed by atoms with E-state index < -0.39 is 17.6 Å². The first-order chi connectivity index (χ1) is 10.1. The van der Waals surface area contributed by atoms with Crippen molar-refractivity contribution in [3.8, 4) is 0 Å². The summed E-state index contributed by atoms with van der Waals surface area (Å²) in [4.78, 5) is 30.8. The van der Waals surface area contributed by atoms with E-state index in [1.807, 2.05) is 0 Å². The fraction of sp³-hybridized carbons (Fsp3) is 0.0769. The minimum atomic E-state index is -0.709. The van der Waals surface area contributed by atoms with Crippen LogP contribution >= 0.6 is 0 Å². The number of nitrogens with zero attached hydrogens (tertiary/aromatic N) is 2. The predicted octanol–water partition coefficient (Wildman–Crippen LogP) is 0.566. The lowest BCUT2D eigenvalue weighted by atomic mass is 10.3. The Bertz CT molecular complexity index is 663. The van der Waals surface area contributed by atoms with Gasteiger partial charge < -0.3 is 16.4 Å². The molecule has 0 saturated heterocycles. The van der Waals surface area contributed by atoms with E-state index in [1.54, 1.807) is 18.2 Å². The zero-order valence-corrected chi connectivity index (χ0v) is 10.8. The molecule has 2 heterocycles. The third-order valence-electron chi connectivity index (χ3n) is 2.46. The lowest BCUT2D eigenvalue weighted by Crippen LogP contribution is -2.33. The molecule has 0 aliphatic heterocycles. The van der Waals surface area contributed by atoms with Crippen molar-refractivity contribution >= 4 is 23.3 Å². The van der Waals surface area contributed by atoms with Gasteiger partial charge in [0.25, 0.3) is 5.91 Å². The van der Waals surface area contributed by atoms with E-state index in [4.69, 9.17) is 5.73 Å². The fourth-order valence-corrected chi connectivity index (χ4v) is 1.45. The highest BCUT2D eigenvalue weighted by Crippen LogP contribution is 2.09. The zero-order chi connectivity index (χ0) is 15.2. The van der Waals surface area contributed by atoms with Gasteiger partial charge in [0, 0.05) is 6.20 Å². The molecule has 21 heavy (non-hydrogen) atoms. The second kappa shape index (κ2) is 6.42. The number of nitrogens with one attached hydrogen (secondary N) is 2. The number of pyridine rings is 2. The Labute approximate surface area is 119 Å². The van der Waals surface area contributed by atoms with Gasteiger partial charge in [-0.2, -0.15) is 0 Å². The highest BCUT2D eigenvalue weighted by Gasteiger charge is 2.11. The van der Waals surface area contributed by atoms with Crippen LogP contribution in [0.5, 0.6) is 0 Å². The van der Waals surface area contributed by atoms with Crippen molar-refractivity contribution in [3.05, 3.63) is 48.2 Å². The van der Waals surface area contributed by atoms with Gasteiger partial charge >= 0.3 is 0 Å². The van der Waals surface area contributed by atoms with Gasteiger partial charge in [-0.3, -0.25) is 9.59 Å². The molecule has 0 aromatic carbocycles. The standard InChI is InChI=1S/C13H12FN5O2/c14-8-6-17-10(5-9(8)15)13(21)18-7-12(20)19-11-3-1-2-4-16-11/h1-6H,7H2,(H2,15,17)(H,18,21)(H,16,19,20). The molecule has 0 unspecified atom stereocenters. The molecule has 8 heteroatoms. The van der Waals surface area contributed by atoms with Crippen LogP contribution in [-0.2, 0) is 4.79 Å². The Morgan fingerprint density at radius 1 is 1.29 bits per heavy atom. The summed E-state index contributed by atoms with van der Waals surface area (Å²) < 4.78 is 12.9. The van der Waals surface area contributed by atoms with Crippen molar-refractivity contribution in [2.45, 2.75) is 0 Å². The number of anilines is 2. The van der Waals surface area contributed by atoms with Gasteiger partial charge in [0.2, 0.25) is 5.91 Å². The molecule has 2 aromatic heterocycles. The number of hydrogen-bond acceptors (Lipinski definition) is 5. The largest absolute Gasteiger partial charge is 0.396 e. The second-order valence-electron chi connectivity index (χ2n) is 4.04. The fourth-order valence-electron chi connectivity index (χ4n) is 1.45. The number of nitrogens with two attached hydrogens (primary N) is 1. The molecule has 2 aromatic rings. The topological polar surface area (TPSA) is 110 Å². The van der Waals surface area contributed by atoms with Crippen LogP contribution in [-0.4, -0.2) is 28.3 Å². The molecular formula is C13H12FN5O2. The van der Waals surface area contributed by atoms with Crippen molar-refractivity contribution < 1.29 is 14.0 Å². The molecular weight excluding hydrogens is 277 g/mol. The molecule has 0 spiro atoms. The normalized spacial score (nSPS) is 9.95. The van der Waals surface area contributed by atoms with E-state index in [1.165, 1.54) is 6.20 Å². The summed E-state index contributed by atoms with van der Waals surface area (Å²) in [5.41, 5.74) is 5.08. The van der Waals surface area contributed by atoms with Crippen LogP contribution < -0.4 is 16.4 Å². The highest BCUT2D eigenvalue weighted by atomic mass is 19.1. The third kappa shape index (κ3) is 3.96. The van der Waals surface area contributed by atoms with Gasteiger partial charge in [-0.1, -0.05) is 6.07 Å². The maximum Gasteiger partial charge on any atom is 0.270 e. The molecule has 4 N–H and O–H groups in total. The molecule has 2 rings (SSSR count). The number of carbonyl (C=O) groups is 2. The first-order valence-electron chi connectivity index (χ1n) is 5.96. The van der Waals surface area contributed by atoms with Crippen molar-refractivity contribution in [2.24, 2.45) is 0 Å². The summed E-state index contributed by atoms with van der Waals surface area (Å²) in [5, 5.41) is 4.85. The molecule has 0 aliphatic rings. The first kappa shape index (κ1) is 14.4. The lowest BCUT2D eigenvalue weighted by molar-refractivity contribution is -0.115. The van der Waals surface area contributed by atoms with Crippen LogP contribution in [0.15, 0.2) is 36.7 Å². The predicted molar refractivity (Wildman–Crippen MR) is 73.8 cm³/mol. The molecule has 2 amide bonds. The van der Waals surface area contributed by atoms with Gasteiger partial charge in [-0.05, 0) is 18.2 Å². The Kier molecular flexibility index (Phi) is 4.39. The molecule has 0 saturated carbocycles. The van der Waals surface area contributed by atoms with E-state index in [0.29, 0.717) is 5.82 Å².